The predicted molar refractivity (Wildman–Crippen MR) is 307 cm³/mol. The van der Waals surface area contributed by atoms with Gasteiger partial charge in [0.1, 0.15) is 13.2 Å². The van der Waals surface area contributed by atoms with E-state index in [0.717, 1.165) is 83.5 Å². The Labute approximate surface area is 438 Å². The van der Waals surface area contributed by atoms with E-state index in [2.05, 4.69) is 130 Å². The van der Waals surface area contributed by atoms with E-state index in [0.29, 0.717) is 19.3 Å². The number of carbonyl (C=O) groups is 3. The van der Waals surface area contributed by atoms with Crippen molar-refractivity contribution >= 4 is 17.9 Å². The summed E-state index contributed by atoms with van der Waals surface area (Å²) in [7, 11) is 0. The molecule has 0 heterocycles. The molecular formula is C65H108O6. The van der Waals surface area contributed by atoms with Gasteiger partial charge in [0.25, 0.3) is 0 Å². The molecular weight excluding hydrogens is 877 g/mol. The maximum absolute atomic E-state index is 12.8. The van der Waals surface area contributed by atoms with Gasteiger partial charge in [-0.05, 0) is 116 Å². The van der Waals surface area contributed by atoms with E-state index < -0.39 is 6.10 Å². The fraction of sp³-hybridized carbons (Fsp3) is 0.677. The number of hydrogen-bond donors (Lipinski definition) is 0. The van der Waals surface area contributed by atoms with Crippen LogP contribution < -0.4 is 0 Å². The average Bonchev–Trinajstić information content (AvgIpc) is 3.37. The zero-order valence-electron chi connectivity index (χ0n) is 46.2. The quantitative estimate of drug-likeness (QED) is 0.0261. The van der Waals surface area contributed by atoms with Gasteiger partial charge in [-0.2, -0.15) is 0 Å². The van der Waals surface area contributed by atoms with Gasteiger partial charge in [0.2, 0.25) is 0 Å². The van der Waals surface area contributed by atoms with Crippen molar-refractivity contribution in [3.8, 4) is 0 Å². The molecule has 0 aliphatic heterocycles. The molecule has 0 radical (unpaired) electrons. The highest BCUT2D eigenvalue weighted by atomic mass is 16.6. The number of unbranched alkanes of at least 4 members (excludes halogenated alkanes) is 23. The van der Waals surface area contributed by atoms with Crippen molar-refractivity contribution in [3.63, 3.8) is 0 Å². The van der Waals surface area contributed by atoms with Crippen LogP contribution in [0.4, 0.5) is 0 Å². The maximum Gasteiger partial charge on any atom is 0.306 e. The van der Waals surface area contributed by atoms with Gasteiger partial charge in [-0.25, -0.2) is 0 Å². The first-order chi connectivity index (χ1) is 35.0. The molecule has 0 aromatic carbocycles. The third kappa shape index (κ3) is 56.9. The summed E-state index contributed by atoms with van der Waals surface area (Å²) in [6, 6.07) is 0. The van der Waals surface area contributed by atoms with Crippen molar-refractivity contribution in [2.45, 2.75) is 271 Å². The molecule has 6 heteroatoms. The zero-order valence-corrected chi connectivity index (χ0v) is 46.2. The van der Waals surface area contributed by atoms with Gasteiger partial charge >= 0.3 is 17.9 Å². The van der Waals surface area contributed by atoms with E-state index in [1.54, 1.807) is 0 Å². The summed E-state index contributed by atoms with van der Waals surface area (Å²) >= 11 is 0. The summed E-state index contributed by atoms with van der Waals surface area (Å²) in [5.41, 5.74) is 0. The van der Waals surface area contributed by atoms with Crippen LogP contribution in [0, 0.1) is 0 Å². The Morgan fingerprint density at radius 2 is 0.563 bits per heavy atom. The van der Waals surface area contributed by atoms with E-state index in [1.807, 2.05) is 0 Å². The van der Waals surface area contributed by atoms with Gasteiger partial charge < -0.3 is 14.2 Å². The van der Waals surface area contributed by atoms with E-state index in [4.69, 9.17) is 14.2 Å². The molecule has 1 atom stereocenters. The molecule has 0 bridgehead atoms. The first kappa shape index (κ1) is 67.1. The molecule has 0 aromatic heterocycles. The number of rotatable bonds is 52. The van der Waals surface area contributed by atoms with E-state index in [-0.39, 0.29) is 44.0 Å². The van der Waals surface area contributed by atoms with Crippen LogP contribution in [0.3, 0.4) is 0 Å². The van der Waals surface area contributed by atoms with Crippen LogP contribution in [0.5, 0.6) is 0 Å². The Kier molecular flexibility index (Phi) is 55.4. The van der Waals surface area contributed by atoms with Crippen molar-refractivity contribution in [1.29, 1.82) is 0 Å². The second-order valence-corrected chi connectivity index (χ2v) is 19.2. The fourth-order valence-corrected chi connectivity index (χ4v) is 7.84. The number of allylic oxidation sites excluding steroid dienone is 18. The summed E-state index contributed by atoms with van der Waals surface area (Å²) in [5.74, 6) is -1.03. The van der Waals surface area contributed by atoms with E-state index >= 15 is 0 Å². The standard InChI is InChI=1S/C65H108O6/c1-4-7-10-13-16-19-22-25-28-31-32-35-37-40-43-46-49-52-55-58-64(67)70-61-62(71-65(68)59-56-53-50-47-44-41-38-34-30-27-24-21-18-15-12-9-6-3)60-69-63(66)57-54-51-48-45-42-39-36-33-29-26-23-20-17-14-11-8-5-2/h7,10,16,19,25-30,36,38-39,41,45,47-48,50,62H,4-6,8-9,11-15,17-18,20-24,31-35,37,40,42-44,46,49,51-61H2,1-3H3/b10-7-,19-16-,28-25-,29-26-,30-27-,39-36-,41-38-,48-45-,50-47-. The van der Waals surface area contributed by atoms with Crippen LogP contribution >= 0.6 is 0 Å². The van der Waals surface area contributed by atoms with Crippen LogP contribution in [0.1, 0.15) is 265 Å². The lowest BCUT2D eigenvalue weighted by Crippen LogP contribution is -2.30. The average molecular weight is 986 g/mol. The molecule has 6 nitrogen and oxygen atoms in total. The van der Waals surface area contributed by atoms with Crippen LogP contribution in [0.2, 0.25) is 0 Å². The van der Waals surface area contributed by atoms with Gasteiger partial charge in [-0.3, -0.25) is 14.4 Å². The second-order valence-electron chi connectivity index (χ2n) is 19.2. The summed E-state index contributed by atoms with van der Waals surface area (Å²) in [6.45, 7) is 6.43. The number of hydrogen-bond acceptors (Lipinski definition) is 6. The second kappa shape index (κ2) is 58.6. The van der Waals surface area contributed by atoms with E-state index in [9.17, 15) is 14.4 Å². The minimum absolute atomic E-state index is 0.118. The minimum Gasteiger partial charge on any atom is -0.462 e. The van der Waals surface area contributed by atoms with Crippen LogP contribution in [-0.4, -0.2) is 37.2 Å². The molecule has 0 aliphatic rings. The Morgan fingerprint density at radius 1 is 0.296 bits per heavy atom. The molecule has 71 heavy (non-hydrogen) atoms. The van der Waals surface area contributed by atoms with E-state index in [1.165, 1.54) is 128 Å². The summed E-state index contributed by atoms with van der Waals surface area (Å²) in [6.07, 6.45) is 79.5. The molecule has 0 aliphatic carbocycles. The lowest BCUT2D eigenvalue weighted by Gasteiger charge is -2.18. The minimum atomic E-state index is -0.829. The first-order valence-electron chi connectivity index (χ1n) is 29.4. The molecule has 0 amide bonds. The van der Waals surface area contributed by atoms with Crippen molar-refractivity contribution < 1.29 is 28.6 Å². The summed E-state index contributed by atoms with van der Waals surface area (Å²) in [5, 5.41) is 0. The molecule has 0 saturated carbocycles. The molecule has 0 N–H and O–H groups in total. The monoisotopic (exact) mass is 985 g/mol. The maximum atomic E-state index is 12.8. The van der Waals surface area contributed by atoms with Gasteiger partial charge in [0.05, 0.1) is 0 Å². The Balaban J connectivity index is 4.53. The van der Waals surface area contributed by atoms with Gasteiger partial charge in [0.15, 0.2) is 6.10 Å². The molecule has 0 rings (SSSR count). The van der Waals surface area contributed by atoms with Crippen LogP contribution in [-0.2, 0) is 28.6 Å². The van der Waals surface area contributed by atoms with Crippen LogP contribution in [0.15, 0.2) is 109 Å². The predicted octanol–water partition coefficient (Wildman–Crippen LogP) is 19.9. The van der Waals surface area contributed by atoms with Gasteiger partial charge in [-0.15, -0.1) is 0 Å². The van der Waals surface area contributed by atoms with Gasteiger partial charge in [0, 0.05) is 19.3 Å². The molecule has 0 fully saturated rings. The number of carbonyl (C=O) groups excluding carboxylic acids is 3. The lowest BCUT2D eigenvalue weighted by atomic mass is 10.1. The SMILES string of the molecule is CC/C=C\C/C=C\C/C=C\CCCCCCCCCCCC(=O)OCC(COC(=O)CCC/C=C\C/C=C\C/C=C\CCCCCCCC)OC(=O)CCC/C=C\C/C=C\C/C=C\CCCCCCCC. The summed E-state index contributed by atoms with van der Waals surface area (Å²) < 4.78 is 16.8. The molecule has 0 aromatic rings. The summed E-state index contributed by atoms with van der Waals surface area (Å²) in [4.78, 5) is 38.2. The normalized spacial score (nSPS) is 12.9. The number of ether oxygens (including phenoxy) is 3. The topological polar surface area (TPSA) is 78.9 Å². The Morgan fingerprint density at radius 3 is 0.915 bits per heavy atom. The Hall–Kier alpha value is -3.93. The van der Waals surface area contributed by atoms with Crippen molar-refractivity contribution in [1.82, 2.24) is 0 Å². The molecule has 0 spiro atoms. The van der Waals surface area contributed by atoms with Gasteiger partial charge in [-0.1, -0.05) is 239 Å². The highest BCUT2D eigenvalue weighted by Crippen LogP contribution is 2.14. The highest BCUT2D eigenvalue weighted by Gasteiger charge is 2.19. The first-order valence-corrected chi connectivity index (χ1v) is 29.4. The largest absolute Gasteiger partial charge is 0.462 e. The van der Waals surface area contributed by atoms with Crippen molar-refractivity contribution in [2.24, 2.45) is 0 Å². The molecule has 404 valence electrons. The molecule has 0 saturated heterocycles. The highest BCUT2D eigenvalue weighted by molar-refractivity contribution is 5.71. The number of esters is 3. The third-order valence-electron chi connectivity index (χ3n) is 12.2. The Bertz CT molecular complexity index is 1460. The molecule has 1 unspecified atom stereocenters. The lowest BCUT2D eigenvalue weighted by molar-refractivity contribution is -0.167. The van der Waals surface area contributed by atoms with Crippen molar-refractivity contribution in [2.75, 3.05) is 13.2 Å². The van der Waals surface area contributed by atoms with Crippen LogP contribution in [0.25, 0.3) is 0 Å². The fourth-order valence-electron chi connectivity index (χ4n) is 7.84. The smallest absolute Gasteiger partial charge is 0.306 e. The zero-order chi connectivity index (χ0) is 51.4. The third-order valence-corrected chi connectivity index (χ3v) is 12.2. The van der Waals surface area contributed by atoms with Crippen molar-refractivity contribution in [3.05, 3.63) is 109 Å².